The highest BCUT2D eigenvalue weighted by Crippen LogP contribution is 2.35. The monoisotopic (exact) mass is 656 g/mol. The zero-order valence-electron chi connectivity index (χ0n) is 27.7. The second-order valence-corrected chi connectivity index (χ2v) is 14.9. The van der Waals surface area contributed by atoms with Gasteiger partial charge in [-0.25, -0.2) is 9.97 Å². The lowest BCUT2D eigenvalue weighted by molar-refractivity contribution is 0.800. The summed E-state index contributed by atoms with van der Waals surface area (Å²) in [7, 11) is 0. The summed E-state index contributed by atoms with van der Waals surface area (Å²) in [6, 6.07) is 30.8. The largest absolute Gasteiger partial charge is 0.236 e. The molecule has 8 rings (SSSR count). The molecule has 0 spiro atoms. The lowest BCUT2D eigenvalue weighted by atomic mass is 9.84. The zero-order valence-corrected chi connectivity index (χ0v) is 29.3. The van der Waals surface area contributed by atoms with Crippen molar-refractivity contribution in [3.63, 3.8) is 0 Å². The number of aryl methyl sites for hydroxylation is 2. The smallest absolute Gasteiger partial charge is 0.124 e. The molecule has 0 aliphatic heterocycles. The maximum Gasteiger partial charge on any atom is 0.124 e. The van der Waals surface area contributed by atoms with Crippen LogP contribution in [0.15, 0.2) is 110 Å². The molecule has 0 bridgehead atoms. The van der Waals surface area contributed by atoms with E-state index >= 15 is 0 Å². The summed E-state index contributed by atoms with van der Waals surface area (Å²) in [6.07, 6.45) is 12.5. The highest BCUT2D eigenvalue weighted by molar-refractivity contribution is 7.21. The van der Waals surface area contributed by atoms with E-state index in [-0.39, 0.29) is 0 Å². The van der Waals surface area contributed by atoms with Crippen molar-refractivity contribution < 1.29 is 0 Å². The first-order valence-electron chi connectivity index (χ1n) is 16.5. The first-order chi connectivity index (χ1) is 23.4. The van der Waals surface area contributed by atoms with E-state index in [0.29, 0.717) is 5.92 Å². The number of fused-ring (bicyclic) bond motifs is 4. The number of hydrogen-bond donors (Lipinski definition) is 0. The summed E-state index contributed by atoms with van der Waals surface area (Å²) in [5.74, 6) is 0.457. The fourth-order valence-electron chi connectivity index (χ4n) is 6.83. The number of nitrogens with zero attached hydrogens (tertiary/aromatic N) is 2. The number of aromatic nitrogens is 2. The van der Waals surface area contributed by atoms with E-state index in [0.717, 1.165) is 38.6 Å². The molecule has 1 aliphatic rings. The summed E-state index contributed by atoms with van der Waals surface area (Å²) in [4.78, 5) is 9.82. The molecule has 5 aromatic carbocycles. The molecule has 234 valence electrons. The summed E-state index contributed by atoms with van der Waals surface area (Å²) >= 11 is 3.47. The highest BCUT2D eigenvalue weighted by Gasteiger charge is 2.18. The number of hydrogen-bond acceptors (Lipinski definition) is 4. The Labute approximate surface area is 289 Å². The Morgan fingerprint density at radius 3 is 2.17 bits per heavy atom. The predicted molar refractivity (Wildman–Crippen MR) is 211 cm³/mol. The molecule has 1 aliphatic carbocycles. The van der Waals surface area contributed by atoms with E-state index in [9.17, 15) is 0 Å². The minimum Gasteiger partial charge on any atom is -0.236 e. The van der Waals surface area contributed by atoms with Gasteiger partial charge >= 0.3 is 0 Å². The third-order valence-electron chi connectivity index (χ3n) is 9.29. The maximum absolute atomic E-state index is 4.94. The Hall–Kier alpha value is -4.90. The summed E-state index contributed by atoms with van der Waals surface area (Å²) in [5, 5.41) is 7.17. The van der Waals surface area contributed by atoms with Crippen molar-refractivity contribution in [2.45, 2.75) is 34.1 Å². The molecule has 1 atom stereocenters. The van der Waals surface area contributed by atoms with Crippen molar-refractivity contribution >= 4 is 77.2 Å². The van der Waals surface area contributed by atoms with Gasteiger partial charge in [0, 0.05) is 11.1 Å². The van der Waals surface area contributed by atoms with Crippen molar-refractivity contribution in [3.8, 4) is 21.7 Å². The van der Waals surface area contributed by atoms with Gasteiger partial charge in [0.2, 0.25) is 0 Å². The molecule has 0 fully saturated rings. The van der Waals surface area contributed by atoms with Crippen molar-refractivity contribution in [3.05, 3.63) is 142 Å². The Morgan fingerprint density at radius 1 is 0.771 bits per heavy atom. The van der Waals surface area contributed by atoms with E-state index in [1.807, 2.05) is 0 Å². The first kappa shape index (κ1) is 30.4. The van der Waals surface area contributed by atoms with Crippen molar-refractivity contribution in [1.82, 2.24) is 9.97 Å². The summed E-state index contributed by atoms with van der Waals surface area (Å²) in [5.41, 5.74) is 11.7. The average Bonchev–Trinajstić information content (AvgIpc) is 3.72. The molecular formula is C44H36N2S2. The molecule has 2 heterocycles. The summed E-state index contributed by atoms with van der Waals surface area (Å²) in [6.45, 7) is 13.1. The molecule has 0 amide bonds. The van der Waals surface area contributed by atoms with Gasteiger partial charge in [-0.3, -0.25) is 0 Å². The number of allylic oxidation sites excluding steroid dienone is 5. The van der Waals surface area contributed by atoms with Crippen LogP contribution in [0.3, 0.4) is 0 Å². The molecule has 0 N–H and O–H groups in total. The maximum atomic E-state index is 4.94. The zero-order chi connectivity index (χ0) is 32.9. The van der Waals surface area contributed by atoms with Crippen LogP contribution in [0.2, 0.25) is 0 Å². The molecule has 1 unspecified atom stereocenters. The Morgan fingerprint density at radius 2 is 1.44 bits per heavy atom. The second kappa shape index (κ2) is 12.3. The Balaban J connectivity index is 1.23. The molecule has 4 heteroatoms. The fourth-order valence-corrected chi connectivity index (χ4v) is 8.92. The molecule has 0 saturated heterocycles. The van der Waals surface area contributed by atoms with Crippen LogP contribution in [0.5, 0.6) is 0 Å². The SMILES string of the molecule is C=C(/C=C\C(=C/C)c1c2c(c(-c3ccc(-c4nc5ccc(C)cc5s4)cc3)c3ccccc13)=CCC(C)C=2)c1nc2ccc(C)cc2s1. The topological polar surface area (TPSA) is 25.8 Å². The standard InChI is InChI=1S/C44H36N2S2/c1-6-30(15-14-29(5)43-45-37-21-12-27(3)24-39(37)47-43)41-33-9-7-8-10-34(33)42(35-20-11-26(2)23-36(35)41)31-16-18-32(19-17-31)44-46-38-22-13-28(4)25-40(38)48-44/h6-10,12-26H,5,11H2,1-4H3/b15-14-,30-6+. The average molecular weight is 657 g/mol. The van der Waals surface area contributed by atoms with Crippen LogP contribution in [0, 0.1) is 19.8 Å². The number of rotatable bonds is 6. The molecule has 2 nitrogen and oxygen atoms in total. The highest BCUT2D eigenvalue weighted by atomic mass is 32.1. The van der Waals surface area contributed by atoms with Gasteiger partial charge in [-0.2, -0.15) is 0 Å². The Bertz CT molecular complexity index is 2590. The molecule has 0 radical (unpaired) electrons. The van der Waals surface area contributed by atoms with Gasteiger partial charge in [0.05, 0.1) is 20.4 Å². The molecule has 0 saturated carbocycles. The van der Waals surface area contributed by atoms with Gasteiger partial charge in [-0.15, -0.1) is 22.7 Å². The molecule has 7 aromatic rings. The lowest BCUT2D eigenvalue weighted by Gasteiger charge is -2.20. The minimum atomic E-state index is 0.457. The van der Waals surface area contributed by atoms with Gasteiger partial charge in [0.1, 0.15) is 10.0 Å². The van der Waals surface area contributed by atoms with Gasteiger partial charge in [0.15, 0.2) is 0 Å². The van der Waals surface area contributed by atoms with Crippen LogP contribution in [0.25, 0.3) is 76.2 Å². The van der Waals surface area contributed by atoms with E-state index < -0.39 is 0 Å². The fraction of sp³-hybridized carbons (Fsp3) is 0.136. The van der Waals surface area contributed by atoms with Crippen LogP contribution in [0.1, 0.15) is 42.0 Å². The number of thiazole rings is 2. The third-order valence-corrected chi connectivity index (χ3v) is 11.4. The van der Waals surface area contributed by atoms with Crippen LogP contribution >= 0.6 is 22.7 Å². The third kappa shape index (κ3) is 5.45. The predicted octanol–water partition coefficient (Wildman–Crippen LogP) is 11.3. The first-order valence-corrected chi connectivity index (χ1v) is 18.2. The van der Waals surface area contributed by atoms with Gasteiger partial charge in [0.25, 0.3) is 0 Å². The minimum absolute atomic E-state index is 0.457. The molecule has 48 heavy (non-hydrogen) atoms. The number of benzene rings is 5. The lowest BCUT2D eigenvalue weighted by Crippen LogP contribution is -2.34. The summed E-state index contributed by atoms with van der Waals surface area (Å²) < 4.78 is 2.43. The normalized spacial score (nSPS) is 14.8. The molecule has 2 aromatic heterocycles. The van der Waals surface area contributed by atoms with Crippen molar-refractivity contribution in [2.24, 2.45) is 5.92 Å². The van der Waals surface area contributed by atoms with Gasteiger partial charge in [-0.1, -0.05) is 105 Å². The van der Waals surface area contributed by atoms with E-state index in [1.54, 1.807) is 22.7 Å². The Kier molecular flexibility index (Phi) is 7.79. The van der Waals surface area contributed by atoms with Crippen molar-refractivity contribution in [1.29, 1.82) is 0 Å². The van der Waals surface area contributed by atoms with Crippen LogP contribution in [0.4, 0.5) is 0 Å². The van der Waals surface area contributed by atoms with Crippen LogP contribution in [-0.4, -0.2) is 9.97 Å². The van der Waals surface area contributed by atoms with Crippen LogP contribution < -0.4 is 10.4 Å². The van der Waals surface area contributed by atoms with E-state index in [2.05, 4.69) is 150 Å². The van der Waals surface area contributed by atoms with Gasteiger partial charge < -0.3 is 0 Å². The van der Waals surface area contributed by atoms with Gasteiger partial charge in [-0.05, 0) is 112 Å². The van der Waals surface area contributed by atoms with E-state index in [1.165, 1.54) is 64.0 Å². The van der Waals surface area contributed by atoms with E-state index in [4.69, 9.17) is 9.97 Å². The van der Waals surface area contributed by atoms with Crippen LogP contribution in [-0.2, 0) is 0 Å². The quantitative estimate of drug-likeness (QED) is 0.167. The second-order valence-electron chi connectivity index (χ2n) is 12.9. The van der Waals surface area contributed by atoms with Crippen molar-refractivity contribution in [2.75, 3.05) is 0 Å². The molecular weight excluding hydrogens is 621 g/mol.